The SMILES string of the molecule is Nc1cc(CO[C@@H]2CC[C@H]2N)cn2ccnc12. The second kappa shape index (κ2) is 4.01. The Morgan fingerprint density at radius 1 is 1.47 bits per heavy atom. The Balaban J connectivity index is 1.76. The van der Waals surface area contributed by atoms with Crippen LogP contribution in [0.25, 0.3) is 5.65 Å². The van der Waals surface area contributed by atoms with Gasteiger partial charge in [-0.15, -0.1) is 0 Å². The fraction of sp³-hybridized carbons (Fsp3) is 0.417. The Bertz CT molecular complexity index is 536. The van der Waals surface area contributed by atoms with Gasteiger partial charge in [0.25, 0.3) is 0 Å². The van der Waals surface area contributed by atoms with Gasteiger partial charge in [0.2, 0.25) is 0 Å². The summed E-state index contributed by atoms with van der Waals surface area (Å²) in [6.45, 7) is 0.552. The van der Waals surface area contributed by atoms with Crippen LogP contribution in [0.4, 0.5) is 5.69 Å². The van der Waals surface area contributed by atoms with Gasteiger partial charge in [-0.3, -0.25) is 0 Å². The summed E-state index contributed by atoms with van der Waals surface area (Å²) in [4.78, 5) is 4.17. The van der Waals surface area contributed by atoms with Crippen LogP contribution >= 0.6 is 0 Å². The van der Waals surface area contributed by atoms with Crippen LogP contribution in [-0.2, 0) is 11.3 Å². The van der Waals surface area contributed by atoms with Gasteiger partial charge in [0.1, 0.15) is 0 Å². The standard InChI is InChI=1S/C12H16N4O/c13-9-1-2-11(9)17-7-8-5-10(14)12-15-3-4-16(12)6-8/h3-6,9,11H,1-2,7,13-14H2/t9-,11-/m1/s1. The predicted octanol–water partition coefficient (Wildman–Crippen LogP) is 0.923. The van der Waals surface area contributed by atoms with E-state index >= 15 is 0 Å². The third kappa shape index (κ3) is 1.87. The molecule has 2 heterocycles. The van der Waals surface area contributed by atoms with Gasteiger partial charge in [-0.05, 0) is 24.5 Å². The number of nitrogens with two attached hydrogens (primary N) is 2. The number of hydrogen-bond donors (Lipinski definition) is 2. The number of fused-ring (bicyclic) bond motifs is 1. The van der Waals surface area contributed by atoms with Crippen LogP contribution in [0.15, 0.2) is 24.7 Å². The quantitative estimate of drug-likeness (QED) is 0.825. The fourth-order valence-electron chi connectivity index (χ4n) is 2.11. The predicted molar refractivity (Wildman–Crippen MR) is 65.4 cm³/mol. The molecule has 0 bridgehead atoms. The van der Waals surface area contributed by atoms with Gasteiger partial charge in [-0.25, -0.2) is 4.98 Å². The number of pyridine rings is 1. The lowest BCUT2D eigenvalue weighted by atomic mass is 9.90. The highest BCUT2D eigenvalue weighted by Crippen LogP contribution is 2.23. The van der Waals surface area contributed by atoms with Crippen molar-refractivity contribution in [3.63, 3.8) is 0 Å². The minimum absolute atomic E-state index is 0.198. The van der Waals surface area contributed by atoms with Crippen molar-refractivity contribution in [2.75, 3.05) is 5.73 Å². The van der Waals surface area contributed by atoms with E-state index < -0.39 is 0 Å². The Morgan fingerprint density at radius 2 is 2.35 bits per heavy atom. The molecule has 0 spiro atoms. The highest BCUT2D eigenvalue weighted by Gasteiger charge is 2.27. The molecule has 3 rings (SSSR count). The van der Waals surface area contributed by atoms with Crippen molar-refractivity contribution in [1.82, 2.24) is 9.38 Å². The molecule has 17 heavy (non-hydrogen) atoms. The van der Waals surface area contributed by atoms with E-state index in [0.717, 1.165) is 24.1 Å². The maximum absolute atomic E-state index is 5.92. The molecule has 90 valence electrons. The van der Waals surface area contributed by atoms with Gasteiger partial charge < -0.3 is 20.6 Å². The molecule has 1 aliphatic carbocycles. The smallest absolute Gasteiger partial charge is 0.160 e. The zero-order valence-corrected chi connectivity index (χ0v) is 9.54. The van der Waals surface area contributed by atoms with E-state index in [-0.39, 0.29) is 12.1 Å². The van der Waals surface area contributed by atoms with Crippen LogP contribution in [0.5, 0.6) is 0 Å². The number of nitrogen functional groups attached to an aromatic ring is 1. The molecule has 2 atom stereocenters. The van der Waals surface area contributed by atoms with Crippen LogP contribution in [0.3, 0.4) is 0 Å². The lowest BCUT2D eigenvalue weighted by Crippen LogP contribution is -2.45. The van der Waals surface area contributed by atoms with Crippen molar-refractivity contribution >= 4 is 11.3 Å². The summed E-state index contributed by atoms with van der Waals surface area (Å²) in [6, 6.07) is 2.11. The monoisotopic (exact) mass is 232 g/mol. The second-order valence-corrected chi connectivity index (χ2v) is 4.55. The summed E-state index contributed by atoms with van der Waals surface area (Å²) < 4.78 is 7.65. The summed E-state index contributed by atoms with van der Waals surface area (Å²) >= 11 is 0. The minimum atomic E-state index is 0.198. The number of imidazole rings is 1. The van der Waals surface area contributed by atoms with E-state index in [0.29, 0.717) is 12.3 Å². The average molecular weight is 232 g/mol. The summed E-state index contributed by atoms with van der Waals surface area (Å²) in [6.07, 6.45) is 7.93. The number of anilines is 1. The summed E-state index contributed by atoms with van der Waals surface area (Å²) in [7, 11) is 0. The van der Waals surface area contributed by atoms with Crippen LogP contribution in [0, 0.1) is 0 Å². The number of aromatic nitrogens is 2. The van der Waals surface area contributed by atoms with Crippen molar-refractivity contribution in [3.05, 3.63) is 30.2 Å². The number of hydrogen-bond acceptors (Lipinski definition) is 4. The van der Waals surface area contributed by atoms with Crippen LogP contribution < -0.4 is 11.5 Å². The van der Waals surface area contributed by atoms with E-state index in [1.807, 2.05) is 22.9 Å². The second-order valence-electron chi connectivity index (χ2n) is 4.55. The van der Waals surface area contributed by atoms with Gasteiger partial charge in [-0.2, -0.15) is 0 Å². The molecule has 1 saturated carbocycles. The molecule has 0 saturated heterocycles. The minimum Gasteiger partial charge on any atom is -0.396 e. The fourth-order valence-corrected chi connectivity index (χ4v) is 2.11. The first-order valence-electron chi connectivity index (χ1n) is 5.82. The van der Waals surface area contributed by atoms with Crippen molar-refractivity contribution in [3.8, 4) is 0 Å². The van der Waals surface area contributed by atoms with Gasteiger partial charge in [-0.1, -0.05) is 0 Å². The lowest BCUT2D eigenvalue weighted by Gasteiger charge is -2.33. The highest BCUT2D eigenvalue weighted by atomic mass is 16.5. The van der Waals surface area contributed by atoms with Crippen LogP contribution in [0.2, 0.25) is 0 Å². The Kier molecular flexibility index (Phi) is 2.49. The first-order valence-corrected chi connectivity index (χ1v) is 5.82. The molecule has 1 fully saturated rings. The summed E-state index contributed by atoms with van der Waals surface area (Å²) in [5, 5.41) is 0. The molecule has 2 aromatic heterocycles. The molecule has 2 aromatic rings. The zero-order chi connectivity index (χ0) is 11.8. The summed E-state index contributed by atoms with van der Waals surface area (Å²) in [5.74, 6) is 0. The Hall–Kier alpha value is -1.59. The molecular formula is C12H16N4O. The Morgan fingerprint density at radius 3 is 3.06 bits per heavy atom. The van der Waals surface area contributed by atoms with Gasteiger partial charge >= 0.3 is 0 Å². The largest absolute Gasteiger partial charge is 0.396 e. The van der Waals surface area contributed by atoms with E-state index in [1.165, 1.54) is 0 Å². The zero-order valence-electron chi connectivity index (χ0n) is 9.54. The van der Waals surface area contributed by atoms with Crippen molar-refractivity contribution in [2.24, 2.45) is 5.73 Å². The molecular weight excluding hydrogens is 216 g/mol. The van der Waals surface area contributed by atoms with E-state index in [2.05, 4.69) is 4.98 Å². The molecule has 0 radical (unpaired) electrons. The molecule has 0 aliphatic heterocycles. The first kappa shape index (κ1) is 10.6. The summed E-state index contributed by atoms with van der Waals surface area (Å²) in [5.41, 5.74) is 14.3. The van der Waals surface area contributed by atoms with Crippen molar-refractivity contribution in [1.29, 1.82) is 0 Å². The lowest BCUT2D eigenvalue weighted by molar-refractivity contribution is -0.0246. The molecule has 1 aliphatic rings. The van der Waals surface area contributed by atoms with E-state index in [1.54, 1.807) is 6.20 Å². The third-order valence-corrected chi connectivity index (χ3v) is 3.30. The van der Waals surface area contributed by atoms with Crippen molar-refractivity contribution < 1.29 is 4.74 Å². The average Bonchev–Trinajstić information content (AvgIpc) is 2.76. The number of nitrogens with zero attached hydrogens (tertiary/aromatic N) is 2. The number of rotatable bonds is 3. The first-order chi connectivity index (χ1) is 8.24. The highest BCUT2D eigenvalue weighted by molar-refractivity contribution is 5.65. The van der Waals surface area contributed by atoms with Gasteiger partial charge in [0, 0.05) is 24.6 Å². The molecule has 0 amide bonds. The Labute approximate surface area is 99.4 Å². The van der Waals surface area contributed by atoms with E-state index in [9.17, 15) is 0 Å². The molecule has 4 N–H and O–H groups in total. The molecule has 5 heteroatoms. The topological polar surface area (TPSA) is 78.6 Å². The van der Waals surface area contributed by atoms with Crippen LogP contribution in [-0.4, -0.2) is 21.5 Å². The van der Waals surface area contributed by atoms with Gasteiger partial charge in [0.15, 0.2) is 5.65 Å². The maximum atomic E-state index is 5.92. The van der Waals surface area contributed by atoms with Crippen LogP contribution in [0.1, 0.15) is 18.4 Å². The normalized spacial score (nSPS) is 23.8. The maximum Gasteiger partial charge on any atom is 0.160 e. The van der Waals surface area contributed by atoms with Gasteiger partial charge in [0.05, 0.1) is 18.4 Å². The third-order valence-electron chi connectivity index (χ3n) is 3.30. The van der Waals surface area contributed by atoms with Crippen molar-refractivity contribution in [2.45, 2.75) is 31.6 Å². The van der Waals surface area contributed by atoms with E-state index in [4.69, 9.17) is 16.2 Å². The molecule has 0 aromatic carbocycles. The number of ether oxygens (including phenoxy) is 1. The molecule has 0 unspecified atom stereocenters. The molecule has 5 nitrogen and oxygen atoms in total.